The molecule has 0 aliphatic carbocycles. The summed E-state index contributed by atoms with van der Waals surface area (Å²) in [6, 6.07) is 0.417. The number of hydrogen-bond donors (Lipinski definition) is 1. The smallest absolute Gasteiger partial charge is 0.114 e. The van der Waals surface area contributed by atoms with Gasteiger partial charge < -0.3 is 5.32 Å². The zero-order chi connectivity index (χ0) is 6.85. The normalized spacial score (nSPS) is 36.0. The Morgan fingerprint density at radius 3 is 2.44 bits per heavy atom. The van der Waals surface area contributed by atoms with Crippen molar-refractivity contribution in [3.63, 3.8) is 0 Å². The number of nitrogens with one attached hydrogen (secondary N) is 1. The maximum absolute atomic E-state index is 12.5. The standard InChI is InChI=1S/C7H14FN/c1-5(2)7-3-6(8)4-9-7/h5-7,9H,3-4H2,1-2H3/t6-,7-/m1/s1. The summed E-state index contributed by atoms with van der Waals surface area (Å²) in [6.07, 6.45) is 0.106. The molecule has 1 aliphatic heterocycles. The third-order valence-electron chi connectivity index (χ3n) is 1.92. The van der Waals surface area contributed by atoms with Crippen LogP contribution in [0.2, 0.25) is 0 Å². The molecule has 1 saturated heterocycles. The van der Waals surface area contributed by atoms with Crippen LogP contribution >= 0.6 is 0 Å². The third-order valence-corrected chi connectivity index (χ3v) is 1.92. The van der Waals surface area contributed by atoms with E-state index in [-0.39, 0.29) is 0 Å². The van der Waals surface area contributed by atoms with Gasteiger partial charge in [-0.25, -0.2) is 4.39 Å². The Morgan fingerprint density at radius 1 is 1.56 bits per heavy atom. The highest BCUT2D eigenvalue weighted by Crippen LogP contribution is 2.16. The van der Waals surface area contributed by atoms with Crippen molar-refractivity contribution in [2.24, 2.45) is 5.92 Å². The van der Waals surface area contributed by atoms with Crippen molar-refractivity contribution in [3.05, 3.63) is 0 Å². The second-order valence-corrected chi connectivity index (χ2v) is 3.09. The Balaban J connectivity index is 2.30. The van der Waals surface area contributed by atoms with Gasteiger partial charge >= 0.3 is 0 Å². The third kappa shape index (κ3) is 1.65. The predicted octanol–water partition coefficient (Wildman–Crippen LogP) is 1.34. The molecule has 1 heterocycles. The van der Waals surface area contributed by atoms with Gasteiger partial charge in [0.25, 0.3) is 0 Å². The Morgan fingerprint density at radius 2 is 2.22 bits per heavy atom. The lowest BCUT2D eigenvalue weighted by atomic mass is 10.0. The quantitative estimate of drug-likeness (QED) is 0.566. The van der Waals surface area contributed by atoms with Crippen LogP contribution in [0.4, 0.5) is 4.39 Å². The van der Waals surface area contributed by atoms with E-state index in [1.807, 2.05) is 0 Å². The SMILES string of the molecule is CC(C)[C@H]1C[C@@H](F)CN1. The topological polar surface area (TPSA) is 12.0 Å². The molecule has 0 amide bonds. The van der Waals surface area contributed by atoms with Crippen LogP contribution in [0.25, 0.3) is 0 Å². The summed E-state index contributed by atoms with van der Waals surface area (Å²) in [4.78, 5) is 0. The molecular weight excluding hydrogens is 117 g/mol. The Labute approximate surface area is 55.6 Å². The fourth-order valence-electron chi connectivity index (χ4n) is 1.23. The molecule has 0 aromatic heterocycles. The maximum atomic E-state index is 12.5. The van der Waals surface area contributed by atoms with Crippen LogP contribution in [0, 0.1) is 5.92 Å². The molecule has 2 heteroatoms. The highest BCUT2D eigenvalue weighted by Gasteiger charge is 2.25. The van der Waals surface area contributed by atoms with Crippen molar-refractivity contribution in [3.8, 4) is 0 Å². The Hall–Kier alpha value is -0.110. The summed E-state index contributed by atoms with van der Waals surface area (Å²) < 4.78 is 12.5. The van der Waals surface area contributed by atoms with Crippen molar-refractivity contribution >= 4 is 0 Å². The summed E-state index contributed by atoms with van der Waals surface area (Å²) in [7, 11) is 0. The number of halogens is 1. The van der Waals surface area contributed by atoms with E-state index in [4.69, 9.17) is 0 Å². The van der Waals surface area contributed by atoms with Gasteiger partial charge in [0.15, 0.2) is 0 Å². The lowest BCUT2D eigenvalue weighted by molar-refractivity contribution is 0.344. The molecule has 0 bridgehead atoms. The lowest BCUT2D eigenvalue weighted by Gasteiger charge is -2.12. The highest BCUT2D eigenvalue weighted by atomic mass is 19.1. The van der Waals surface area contributed by atoms with Crippen LogP contribution in [0.15, 0.2) is 0 Å². The number of hydrogen-bond acceptors (Lipinski definition) is 1. The molecule has 1 aliphatic rings. The van der Waals surface area contributed by atoms with Crippen LogP contribution in [-0.4, -0.2) is 18.8 Å². The van der Waals surface area contributed by atoms with E-state index < -0.39 is 6.17 Å². The monoisotopic (exact) mass is 131 g/mol. The molecule has 0 spiro atoms. The van der Waals surface area contributed by atoms with Crippen LogP contribution in [0.1, 0.15) is 20.3 Å². The second kappa shape index (κ2) is 2.65. The van der Waals surface area contributed by atoms with E-state index in [2.05, 4.69) is 19.2 Å². The number of rotatable bonds is 1. The highest BCUT2D eigenvalue weighted by molar-refractivity contribution is 4.82. The van der Waals surface area contributed by atoms with E-state index in [1.54, 1.807) is 0 Å². The lowest BCUT2D eigenvalue weighted by Crippen LogP contribution is -2.26. The van der Waals surface area contributed by atoms with Gasteiger partial charge in [-0.2, -0.15) is 0 Å². The van der Waals surface area contributed by atoms with Crippen LogP contribution in [-0.2, 0) is 0 Å². The number of alkyl halides is 1. The van der Waals surface area contributed by atoms with Crippen molar-refractivity contribution in [1.29, 1.82) is 0 Å². The molecule has 9 heavy (non-hydrogen) atoms. The van der Waals surface area contributed by atoms with Gasteiger partial charge in [0.2, 0.25) is 0 Å². The average molecular weight is 131 g/mol. The van der Waals surface area contributed by atoms with Crippen LogP contribution in [0.3, 0.4) is 0 Å². The maximum Gasteiger partial charge on any atom is 0.114 e. The minimum Gasteiger partial charge on any atom is -0.311 e. The summed E-state index contributed by atoms with van der Waals surface area (Å²) >= 11 is 0. The van der Waals surface area contributed by atoms with Gasteiger partial charge in [-0.3, -0.25) is 0 Å². The molecule has 1 rings (SSSR count). The molecule has 1 nitrogen and oxygen atoms in total. The zero-order valence-electron chi connectivity index (χ0n) is 6.02. The Kier molecular flexibility index (Phi) is 2.06. The summed E-state index contributed by atoms with van der Waals surface area (Å²) in [5.74, 6) is 0.575. The van der Waals surface area contributed by atoms with Crippen LogP contribution < -0.4 is 5.32 Å². The van der Waals surface area contributed by atoms with Gasteiger partial charge in [0.1, 0.15) is 6.17 Å². The first-order valence-corrected chi connectivity index (χ1v) is 3.57. The van der Waals surface area contributed by atoms with Crippen LogP contribution in [0.5, 0.6) is 0 Å². The average Bonchev–Trinajstić information content (AvgIpc) is 2.14. The van der Waals surface area contributed by atoms with Crippen molar-refractivity contribution in [2.75, 3.05) is 6.54 Å². The second-order valence-electron chi connectivity index (χ2n) is 3.09. The fourth-order valence-corrected chi connectivity index (χ4v) is 1.23. The largest absolute Gasteiger partial charge is 0.311 e. The van der Waals surface area contributed by atoms with Gasteiger partial charge in [-0.15, -0.1) is 0 Å². The van der Waals surface area contributed by atoms with E-state index >= 15 is 0 Å². The van der Waals surface area contributed by atoms with Crippen molar-refractivity contribution < 1.29 is 4.39 Å². The molecule has 1 N–H and O–H groups in total. The molecule has 0 aromatic carbocycles. The van der Waals surface area contributed by atoms with Gasteiger partial charge in [-0.1, -0.05) is 13.8 Å². The molecule has 0 aromatic rings. The van der Waals surface area contributed by atoms with E-state index in [0.717, 1.165) is 0 Å². The molecule has 1 fully saturated rings. The zero-order valence-corrected chi connectivity index (χ0v) is 6.02. The molecule has 0 unspecified atom stereocenters. The Bertz CT molecular complexity index is 92.9. The minimum atomic E-state index is -0.600. The molecule has 0 saturated carbocycles. The molecule has 54 valence electrons. The first-order valence-electron chi connectivity index (χ1n) is 3.57. The summed E-state index contributed by atoms with van der Waals surface area (Å²) in [5.41, 5.74) is 0. The van der Waals surface area contributed by atoms with Crippen molar-refractivity contribution in [1.82, 2.24) is 5.32 Å². The van der Waals surface area contributed by atoms with Crippen molar-refractivity contribution in [2.45, 2.75) is 32.5 Å². The van der Waals surface area contributed by atoms with Gasteiger partial charge in [-0.05, 0) is 12.3 Å². The van der Waals surface area contributed by atoms with Gasteiger partial charge in [0.05, 0.1) is 0 Å². The van der Waals surface area contributed by atoms with Gasteiger partial charge in [0, 0.05) is 12.6 Å². The molecule has 2 atom stereocenters. The first-order chi connectivity index (χ1) is 4.20. The fraction of sp³-hybridized carbons (Fsp3) is 1.00. The molecular formula is C7H14FN. The van der Waals surface area contributed by atoms with E-state index in [1.165, 1.54) is 0 Å². The van der Waals surface area contributed by atoms with E-state index in [0.29, 0.717) is 24.9 Å². The summed E-state index contributed by atoms with van der Waals surface area (Å²) in [5, 5.41) is 3.13. The molecule has 0 radical (unpaired) electrons. The predicted molar refractivity (Wildman–Crippen MR) is 36.1 cm³/mol. The first kappa shape index (κ1) is 7.00. The minimum absolute atomic E-state index is 0.417. The van der Waals surface area contributed by atoms with E-state index in [9.17, 15) is 4.39 Å². The summed E-state index contributed by atoms with van der Waals surface area (Å²) in [6.45, 7) is 4.80.